The first-order chi connectivity index (χ1) is 8.98. The number of halogens is 3. The van der Waals surface area contributed by atoms with Crippen LogP contribution in [-0.2, 0) is 0 Å². The first-order valence-electron chi connectivity index (χ1n) is 5.04. The first-order valence-corrected chi connectivity index (χ1v) is 5.48. The predicted molar refractivity (Wildman–Crippen MR) is 66.1 cm³/mol. The van der Waals surface area contributed by atoms with E-state index in [9.17, 15) is 13.2 Å². The Bertz CT molecular complexity index is 623. The van der Waals surface area contributed by atoms with Gasteiger partial charge in [0, 0.05) is 6.20 Å². The Morgan fingerprint density at radius 1 is 1.21 bits per heavy atom. The second-order valence-corrected chi connectivity index (χ2v) is 3.68. The first kappa shape index (κ1) is 13.4. The monoisotopic (exact) mass is 284 g/mol. The van der Waals surface area contributed by atoms with Crippen LogP contribution in [0.1, 0.15) is 5.56 Å². The fourth-order valence-corrected chi connectivity index (χ4v) is 1.52. The molecule has 0 radical (unpaired) electrons. The number of ether oxygens (including phenoxy) is 1. The molecule has 0 spiro atoms. The highest BCUT2D eigenvalue weighted by Gasteiger charge is 2.30. The summed E-state index contributed by atoms with van der Waals surface area (Å²) < 4.78 is 41.2. The largest absolute Gasteiger partial charge is 0.573 e. The van der Waals surface area contributed by atoms with Gasteiger partial charge in [-0.25, -0.2) is 4.68 Å². The maximum atomic E-state index is 12.0. The summed E-state index contributed by atoms with van der Waals surface area (Å²) in [5.74, 6) is 2.42. The van der Waals surface area contributed by atoms with Gasteiger partial charge in [0.05, 0.1) is 17.4 Å². The summed E-state index contributed by atoms with van der Waals surface area (Å²) in [5.41, 5.74) is 1.26. The Labute approximate surface area is 112 Å². The Kier molecular flexibility index (Phi) is 3.71. The molecule has 0 saturated heterocycles. The minimum absolute atomic E-state index is 0.279. The third-order valence-corrected chi connectivity index (χ3v) is 2.23. The third kappa shape index (κ3) is 3.69. The topological polar surface area (TPSA) is 27.1 Å². The van der Waals surface area contributed by atoms with Gasteiger partial charge in [-0.3, -0.25) is 0 Å². The van der Waals surface area contributed by atoms with Crippen LogP contribution in [0.4, 0.5) is 13.2 Å². The Hall–Kier alpha value is -2.07. The lowest BCUT2D eigenvalue weighted by Crippen LogP contribution is -2.17. The molecule has 7 heteroatoms. The van der Waals surface area contributed by atoms with Gasteiger partial charge in [-0.05, 0) is 29.5 Å². The van der Waals surface area contributed by atoms with Crippen molar-refractivity contribution in [3.05, 3.63) is 42.2 Å². The molecule has 0 fully saturated rings. The van der Waals surface area contributed by atoms with Gasteiger partial charge in [0.2, 0.25) is 0 Å². The highest BCUT2D eigenvalue weighted by molar-refractivity contribution is 7.85. The second kappa shape index (κ2) is 5.28. The molecule has 0 aliphatic rings. The van der Waals surface area contributed by atoms with Gasteiger partial charge < -0.3 is 4.74 Å². The Morgan fingerprint density at radius 2 is 1.89 bits per heavy atom. The van der Waals surface area contributed by atoms with Crippen LogP contribution < -0.4 is 4.74 Å². The molecule has 1 aromatic heterocycles. The number of thiol groups is 1. The van der Waals surface area contributed by atoms with Crippen LogP contribution in [0, 0.1) is 11.2 Å². The number of rotatable bonds is 2. The van der Waals surface area contributed by atoms with Crippen LogP contribution in [0.25, 0.3) is 5.69 Å². The average molecular weight is 284 g/mol. The molecule has 0 aliphatic carbocycles. The minimum atomic E-state index is -4.69. The number of aromatic nitrogens is 2. The van der Waals surface area contributed by atoms with Crippen molar-refractivity contribution in [3.8, 4) is 22.6 Å². The lowest BCUT2D eigenvalue weighted by atomic mass is 10.3. The molecule has 1 aromatic carbocycles. The van der Waals surface area contributed by atoms with E-state index in [-0.39, 0.29) is 5.75 Å². The van der Waals surface area contributed by atoms with E-state index in [0.29, 0.717) is 11.3 Å². The molecular formula is C12H7F3N2OS. The summed E-state index contributed by atoms with van der Waals surface area (Å²) in [6, 6.07) is 5.36. The van der Waals surface area contributed by atoms with Crippen molar-refractivity contribution in [2.45, 2.75) is 6.36 Å². The molecule has 0 saturated carbocycles. The molecule has 3 nitrogen and oxygen atoms in total. The quantitative estimate of drug-likeness (QED) is 0.678. The number of hydrogen-bond donors (Lipinski definition) is 1. The minimum Gasteiger partial charge on any atom is -0.406 e. The zero-order valence-electron chi connectivity index (χ0n) is 9.35. The van der Waals surface area contributed by atoms with Crippen LogP contribution in [0.15, 0.2) is 36.7 Å². The van der Waals surface area contributed by atoms with E-state index >= 15 is 0 Å². The van der Waals surface area contributed by atoms with Crippen molar-refractivity contribution in [2.24, 2.45) is 0 Å². The zero-order chi connectivity index (χ0) is 13.9. The predicted octanol–water partition coefficient (Wildman–Crippen LogP) is 3.01. The average Bonchev–Trinajstić information content (AvgIpc) is 2.77. The standard InChI is InChI=1S/C12H7F3N2OS/c13-12(14,15)18-11-3-1-10(2-4-11)17-8-9(5-6-19)7-16-17/h1-4,7-8,19H. The summed E-state index contributed by atoms with van der Waals surface area (Å²) in [6.45, 7) is 0. The molecule has 98 valence electrons. The summed E-state index contributed by atoms with van der Waals surface area (Å²) >= 11 is 3.76. The molecule has 0 atom stereocenters. The molecule has 0 amide bonds. The van der Waals surface area contributed by atoms with Crippen molar-refractivity contribution < 1.29 is 17.9 Å². The van der Waals surface area contributed by atoms with Crippen LogP contribution in [-0.4, -0.2) is 16.1 Å². The lowest BCUT2D eigenvalue weighted by molar-refractivity contribution is -0.274. The van der Waals surface area contributed by atoms with E-state index < -0.39 is 6.36 Å². The van der Waals surface area contributed by atoms with Gasteiger partial charge in [0.1, 0.15) is 5.75 Å². The maximum Gasteiger partial charge on any atom is 0.573 e. The van der Waals surface area contributed by atoms with Gasteiger partial charge in [-0.15, -0.1) is 13.2 Å². The zero-order valence-corrected chi connectivity index (χ0v) is 10.2. The SMILES string of the molecule is FC(F)(F)Oc1ccc(-n2cc(C#CS)cn2)cc1. The Balaban J connectivity index is 2.19. The fourth-order valence-electron chi connectivity index (χ4n) is 1.39. The van der Waals surface area contributed by atoms with E-state index in [0.717, 1.165) is 0 Å². The third-order valence-electron chi connectivity index (χ3n) is 2.12. The van der Waals surface area contributed by atoms with Crippen molar-refractivity contribution in [3.63, 3.8) is 0 Å². The van der Waals surface area contributed by atoms with Crippen molar-refractivity contribution in [1.82, 2.24) is 9.78 Å². The van der Waals surface area contributed by atoms with Crippen LogP contribution in [0.2, 0.25) is 0 Å². The van der Waals surface area contributed by atoms with Gasteiger partial charge in [0.25, 0.3) is 0 Å². The van der Waals surface area contributed by atoms with Crippen molar-refractivity contribution in [1.29, 1.82) is 0 Å². The van der Waals surface area contributed by atoms with E-state index in [1.165, 1.54) is 35.1 Å². The van der Waals surface area contributed by atoms with Crippen molar-refractivity contribution in [2.75, 3.05) is 0 Å². The van der Waals surface area contributed by atoms with E-state index in [1.54, 1.807) is 6.20 Å². The molecule has 19 heavy (non-hydrogen) atoms. The highest BCUT2D eigenvalue weighted by atomic mass is 32.1. The number of alkyl halides is 3. The lowest BCUT2D eigenvalue weighted by Gasteiger charge is -2.09. The maximum absolute atomic E-state index is 12.0. The van der Waals surface area contributed by atoms with Gasteiger partial charge >= 0.3 is 6.36 Å². The molecule has 0 N–H and O–H groups in total. The summed E-state index contributed by atoms with van der Waals surface area (Å²) in [7, 11) is 0. The highest BCUT2D eigenvalue weighted by Crippen LogP contribution is 2.23. The molecule has 0 unspecified atom stereocenters. The molecule has 1 heterocycles. The van der Waals surface area contributed by atoms with Crippen LogP contribution in [0.5, 0.6) is 5.75 Å². The summed E-state index contributed by atoms with van der Waals surface area (Å²) in [4.78, 5) is 0. The van der Waals surface area contributed by atoms with E-state index in [4.69, 9.17) is 0 Å². The Morgan fingerprint density at radius 3 is 2.47 bits per heavy atom. The molecule has 0 aliphatic heterocycles. The van der Waals surface area contributed by atoms with Crippen LogP contribution in [0.3, 0.4) is 0 Å². The van der Waals surface area contributed by atoms with Crippen LogP contribution >= 0.6 is 12.6 Å². The summed E-state index contributed by atoms with van der Waals surface area (Å²) in [6.07, 6.45) is -1.52. The van der Waals surface area contributed by atoms with Gasteiger partial charge in [0.15, 0.2) is 0 Å². The molecular weight excluding hydrogens is 277 g/mol. The van der Waals surface area contributed by atoms with Crippen molar-refractivity contribution >= 4 is 12.6 Å². The van der Waals surface area contributed by atoms with Gasteiger partial charge in [-0.2, -0.15) is 5.10 Å². The number of nitrogens with zero attached hydrogens (tertiary/aromatic N) is 2. The molecule has 0 bridgehead atoms. The normalized spacial score (nSPS) is 10.7. The van der Waals surface area contributed by atoms with E-state index in [1.807, 2.05) is 0 Å². The summed E-state index contributed by atoms with van der Waals surface area (Å²) in [5, 5.41) is 6.46. The smallest absolute Gasteiger partial charge is 0.406 e. The van der Waals surface area contributed by atoms with E-state index in [2.05, 4.69) is 33.6 Å². The second-order valence-electron chi connectivity index (χ2n) is 3.45. The number of hydrogen-bond acceptors (Lipinski definition) is 3. The van der Waals surface area contributed by atoms with Gasteiger partial charge in [-0.1, -0.05) is 18.5 Å². The fraction of sp³-hybridized carbons (Fsp3) is 0.0833. The molecule has 2 rings (SSSR count). The number of benzene rings is 1. The molecule has 2 aromatic rings.